The minimum atomic E-state index is -0.924. The molecule has 2 atom stereocenters. The fourth-order valence-corrected chi connectivity index (χ4v) is 5.45. The molecular weight excluding hydrogens is 368 g/mol. The summed E-state index contributed by atoms with van der Waals surface area (Å²) in [4.78, 5) is 11.5. The summed E-state index contributed by atoms with van der Waals surface area (Å²) in [5.41, 5.74) is 1.94. The van der Waals surface area contributed by atoms with Gasteiger partial charge in [-0.25, -0.2) is 13.8 Å². The van der Waals surface area contributed by atoms with Crippen LogP contribution in [-0.2, 0) is 16.1 Å². The molecule has 0 unspecified atom stereocenters. The van der Waals surface area contributed by atoms with Gasteiger partial charge >= 0.3 is 0 Å². The van der Waals surface area contributed by atoms with Crippen LogP contribution < -0.4 is 0 Å². The SMILES string of the molecule is CC(=O)N1N=C(c2cc(F)ccc2F)S[C@]12c1ccccc1C[C@@H]2CC#N. The molecule has 1 amide bonds. The van der Waals surface area contributed by atoms with Gasteiger partial charge in [-0.1, -0.05) is 36.0 Å². The minimum absolute atomic E-state index is 0.0169. The number of hydrogen-bond acceptors (Lipinski definition) is 4. The highest BCUT2D eigenvalue weighted by Gasteiger charge is 2.57. The van der Waals surface area contributed by atoms with Crippen molar-refractivity contribution >= 4 is 22.7 Å². The molecule has 4 nitrogen and oxygen atoms in total. The topological polar surface area (TPSA) is 56.5 Å². The number of halogens is 2. The van der Waals surface area contributed by atoms with Gasteiger partial charge in [0.2, 0.25) is 5.91 Å². The van der Waals surface area contributed by atoms with Gasteiger partial charge in [-0.2, -0.15) is 10.4 Å². The molecule has 1 aliphatic carbocycles. The van der Waals surface area contributed by atoms with Gasteiger partial charge in [-0.15, -0.1) is 0 Å². The molecule has 2 aromatic carbocycles. The fourth-order valence-electron chi connectivity index (χ4n) is 3.87. The molecule has 0 N–H and O–H groups in total. The zero-order chi connectivity index (χ0) is 19.2. The molecule has 0 fully saturated rings. The summed E-state index contributed by atoms with van der Waals surface area (Å²) in [6.07, 6.45) is 0.842. The number of nitriles is 1. The second kappa shape index (κ2) is 6.46. The molecule has 1 spiro atoms. The molecule has 0 bridgehead atoms. The Balaban J connectivity index is 1.89. The van der Waals surface area contributed by atoms with Crippen molar-refractivity contribution in [1.82, 2.24) is 5.01 Å². The van der Waals surface area contributed by atoms with Gasteiger partial charge in [0.05, 0.1) is 6.07 Å². The van der Waals surface area contributed by atoms with Crippen molar-refractivity contribution in [2.24, 2.45) is 11.0 Å². The molecular formula is C20H15F2N3OS. The number of amides is 1. The summed E-state index contributed by atoms with van der Waals surface area (Å²) >= 11 is 1.22. The lowest BCUT2D eigenvalue weighted by Gasteiger charge is -2.36. The lowest BCUT2D eigenvalue weighted by Crippen LogP contribution is -2.43. The standard InChI is InChI=1S/C20H15F2N3OS/c1-12(26)25-20(14(8-9-23)10-13-4-2-3-5-17(13)20)27-19(24-25)16-11-15(21)6-7-18(16)22/h2-7,11,14H,8,10H2,1H3/t14-,20+/m0/s1. The third kappa shape index (κ3) is 2.63. The molecule has 7 heteroatoms. The lowest BCUT2D eigenvalue weighted by molar-refractivity contribution is -0.133. The monoisotopic (exact) mass is 383 g/mol. The predicted molar refractivity (Wildman–Crippen MR) is 98.6 cm³/mol. The number of carbonyl (C=O) groups is 1. The van der Waals surface area contributed by atoms with E-state index in [4.69, 9.17) is 0 Å². The van der Waals surface area contributed by atoms with Crippen LogP contribution in [0, 0.1) is 28.9 Å². The first-order valence-electron chi connectivity index (χ1n) is 8.46. The van der Waals surface area contributed by atoms with Crippen LogP contribution in [-0.4, -0.2) is 16.0 Å². The van der Waals surface area contributed by atoms with Gasteiger partial charge in [0.1, 0.15) is 21.5 Å². The van der Waals surface area contributed by atoms with Crippen LogP contribution in [0.15, 0.2) is 47.6 Å². The highest BCUT2D eigenvalue weighted by molar-refractivity contribution is 8.15. The number of thioether (sulfide) groups is 1. The van der Waals surface area contributed by atoms with E-state index in [9.17, 15) is 18.8 Å². The van der Waals surface area contributed by atoms with Gasteiger partial charge in [0, 0.05) is 24.8 Å². The Bertz CT molecular complexity index is 1020. The molecule has 2 aromatic rings. The van der Waals surface area contributed by atoms with Crippen LogP contribution in [0.25, 0.3) is 0 Å². The third-order valence-electron chi connectivity index (χ3n) is 4.98. The van der Waals surface area contributed by atoms with Crippen LogP contribution in [0.3, 0.4) is 0 Å². The molecule has 4 rings (SSSR count). The molecule has 0 saturated carbocycles. The third-order valence-corrected chi connectivity index (χ3v) is 6.51. The Labute approximate surface area is 159 Å². The smallest absolute Gasteiger partial charge is 0.241 e. The first-order chi connectivity index (χ1) is 13.0. The van der Waals surface area contributed by atoms with Gasteiger partial charge in [-0.05, 0) is 35.7 Å². The fraction of sp³-hybridized carbons (Fsp3) is 0.250. The van der Waals surface area contributed by atoms with Crippen molar-refractivity contribution in [3.05, 3.63) is 70.8 Å². The summed E-state index contributed by atoms with van der Waals surface area (Å²) in [6, 6.07) is 13.0. The summed E-state index contributed by atoms with van der Waals surface area (Å²) in [6.45, 7) is 1.39. The summed E-state index contributed by atoms with van der Waals surface area (Å²) < 4.78 is 28.1. The quantitative estimate of drug-likeness (QED) is 0.782. The van der Waals surface area contributed by atoms with Crippen molar-refractivity contribution in [3.63, 3.8) is 0 Å². The minimum Gasteiger partial charge on any atom is -0.273 e. The van der Waals surface area contributed by atoms with Crippen LogP contribution in [0.5, 0.6) is 0 Å². The number of rotatable bonds is 2. The first-order valence-corrected chi connectivity index (χ1v) is 9.28. The summed E-state index contributed by atoms with van der Waals surface area (Å²) in [7, 11) is 0. The molecule has 136 valence electrons. The molecule has 1 aliphatic heterocycles. The van der Waals surface area contributed by atoms with E-state index in [0.717, 1.165) is 29.3 Å². The van der Waals surface area contributed by atoms with Crippen LogP contribution in [0.4, 0.5) is 8.78 Å². The van der Waals surface area contributed by atoms with E-state index in [1.807, 2.05) is 24.3 Å². The average Bonchev–Trinajstić information content (AvgIpc) is 3.18. The predicted octanol–water partition coefficient (Wildman–Crippen LogP) is 4.16. The highest BCUT2D eigenvalue weighted by atomic mass is 32.2. The number of fused-ring (bicyclic) bond motifs is 2. The largest absolute Gasteiger partial charge is 0.273 e. The van der Waals surface area contributed by atoms with Gasteiger partial charge in [0.15, 0.2) is 0 Å². The molecule has 0 aromatic heterocycles. The van der Waals surface area contributed by atoms with E-state index >= 15 is 0 Å². The van der Waals surface area contributed by atoms with Crippen LogP contribution in [0.1, 0.15) is 30.0 Å². The first kappa shape index (κ1) is 17.7. The number of carbonyl (C=O) groups excluding carboxylic acids is 1. The van der Waals surface area contributed by atoms with Gasteiger partial charge < -0.3 is 0 Å². The number of nitrogens with zero attached hydrogens (tertiary/aromatic N) is 3. The van der Waals surface area contributed by atoms with Crippen molar-refractivity contribution in [3.8, 4) is 6.07 Å². The van der Waals surface area contributed by atoms with E-state index in [-0.39, 0.29) is 28.9 Å². The molecule has 0 radical (unpaired) electrons. The Morgan fingerprint density at radius 2 is 2.15 bits per heavy atom. The second-order valence-corrected chi connectivity index (χ2v) is 7.79. The van der Waals surface area contributed by atoms with Crippen LogP contribution >= 0.6 is 11.8 Å². The zero-order valence-electron chi connectivity index (χ0n) is 14.4. The normalized spacial score (nSPS) is 23.3. The van der Waals surface area contributed by atoms with Crippen LogP contribution in [0.2, 0.25) is 0 Å². The van der Waals surface area contributed by atoms with Crippen molar-refractivity contribution in [2.75, 3.05) is 0 Å². The number of hydrazone groups is 1. The Hall–Kier alpha value is -2.72. The van der Waals surface area contributed by atoms with Crippen molar-refractivity contribution in [2.45, 2.75) is 24.6 Å². The van der Waals surface area contributed by atoms with Crippen molar-refractivity contribution in [1.29, 1.82) is 5.26 Å². The Kier molecular flexibility index (Phi) is 4.23. The number of benzene rings is 2. The Morgan fingerprint density at radius 3 is 2.89 bits per heavy atom. The maximum absolute atomic E-state index is 14.3. The van der Waals surface area contributed by atoms with E-state index in [1.54, 1.807) is 0 Å². The van der Waals surface area contributed by atoms with E-state index in [0.29, 0.717) is 6.42 Å². The molecule has 0 saturated heterocycles. The maximum atomic E-state index is 14.3. The maximum Gasteiger partial charge on any atom is 0.241 e. The second-order valence-electron chi connectivity index (χ2n) is 6.58. The van der Waals surface area contributed by atoms with Gasteiger partial charge in [0.25, 0.3) is 0 Å². The van der Waals surface area contributed by atoms with Crippen molar-refractivity contribution < 1.29 is 13.6 Å². The van der Waals surface area contributed by atoms with E-state index in [2.05, 4.69) is 11.2 Å². The molecule has 1 heterocycles. The highest BCUT2D eigenvalue weighted by Crippen LogP contribution is 2.58. The van der Waals surface area contributed by atoms with E-state index in [1.165, 1.54) is 23.7 Å². The lowest BCUT2D eigenvalue weighted by atomic mass is 9.96. The molecule has 27 heavy (non-hydrogen) atoms. The van der Waals surface area contributed by atoms with E-state index < -0.39 is 16.5 Å². The number of hydrogen-bond donors (Lipinski definition) is 0. The van der Waals surface area contributed by atoms with Gasteiger partial charge in [-0.3, -0.25) is 4.79 Å². The summed E-state index contributed by atoms with van der Waals surface area (Å²) in [5, 5.41) is 15.3. The zero-order valence-corrected chi connectivity index (χ0v) is 15.3. The average molecular weight is 383 g/mol. The molecule has 2 aliphatic rings. The summed E-state index contributed by atoms with van der Waals surface area (Å²) in [5.74, 6) is -1.70. The Morgan fingerprint density at radius 1 is 1.37 bits per heavy atom.